The van der Waals surface area contributed by atoms with E-state index < -0.39 is 15.9 Å². The van der Waals surface area contributed by atoms with Gasteiger partial charge in [0.2, 0.25) is 0 Å². The quantitative estimate of drug-likeness (QED) is 0.747. The van der Waals surface area contributed by atoms with Crippen molar-refractivity contribution in [1.29, 1.82) is 0 Å². The van der Waals surface area contributed by atoms with E-state index in [1.165, 1.54) is 11.8 Å². The molecule has 108 valence electrons. The third-order valence-corrected chi connectivity index (χ3v) is 6.18. The highest BCUT2D eigenvalue weighted by atomic mass is 32.2. The summed E-state index contributed by atoms with van der Waals surface area (Å²) in [6, 6.07) is 0. The van der Waals surface area contributed by atoms with Gasteiger partial charge in [0, 0.05) is 6.54 Å². The van der Waals surface area contributed by atoms with E-state index in [-0.39, 0.29) is 16.8 Å². The lowest BCUT2D eigenvalue weighted by Gasteiger charge is -2.13. The van der Waals surface area contributed by atoms with Crippen molar-refractivity contribution in [2.75, 3.05) is 11.5 Å². The second-order valence-corrected chi connectivity index (χ2v) is 7.92. The summed E-state index contributed by atoms with van der Waals surface area (Å²) in [4.78, 5) is 0. The Balaban J connectivity index is 2.17. The fourth-order valence-corrected chi connectivity index (χ4v) is 5.61. The minimum atomic E-state index is -3.14. The maximum atomic E-state index is 11.5. The van der Waals surface area contributed by atoms with Crippen molar-refractivity contribution in [2.24, 2.45) is 5.73 Å². The summed E-state index contributed by atoms with van der Waals surface area (Å²) in [5.41, 5.74) is 5.59. The molecule has 1 saturated heterocycles. The van der Waals surface area contributed by atoms with Gasteiger partial charge in [0.25, 0.3) is 0 Å². The normalized spacial score (nSPS) is 25.8. The maximum absolute atomic E-state index is 11.5. The first-order valence-corrected chi connectivity index (χ1v) is 8.84. The maximum Gasteiger partial charge on any atom is 0.191 e. The first-order chi connectivity index (χ1) is 8.96. The summed E-state index contributed by atoms with van der Waals surface area (Å²) >= 11 is 1.27. The molecule has 1 aliphatic rings. The Kier molecular flexibility index (Phi) is 4.49. The van der Waals surface area contributed by atoms with Gasteiger partial charge in [0.1, 0.15) is 5.82 Å². The molecule has 1 fully saturated rings. The minimum Gasteiger partial charge on any atom is -0.391 e. The molecule has 1 aromatic rings. The summed E-state index contributed by atoms with van der Waals surface area (Å²) < 4.78 is 24.8. The molecule has 7 nitrogen and oxygen atoms in total. The van der Waals surface area contributed by atoms with Gasteiger partial charge in [0.15, 0.2) is 15.0 Å². The monoisotopic (exact) mass is 306 g/mol. The van der Waals surface area contributed by atoms with E-state index in [0.717, 1.165) is 13.0 Å². The Labute approximate surface area is 116 Å². The van der Waals surface area contributed by atoms with E-state index in [9.17, 15) is 13.5 Å². The molecule has 2 rings (SSSR count). The molecule has 2 heterocycles. The number of thioether (sulfide) groups is 1. The van der Waals surface area contributed by atoms with Gasteiger partial charge in [-0.1, -0.05) is 18.7 Å². The number of aromatic nitrogens is 3. The largest absolute Gasteiger partial charge is 0.391 e. The second-order valence-electron chi connectivity index (χ2n) is 4.56. The summed E-state index contributed by atoms with van der Waals surface area (Å²) in [5, 5.41) is 18.1. The van der Waals surface area contributed by atoms with E-state index in [4.69, 9.17) is 5.73 Å². The van der Waals surface area contributed by atoms with Crippen molar-refractivity contribution in [3.05, 3.63) is 5.82 Å². The van der Waals surface area contributed by atoms with E-state index in [1.807, 2.05) is 11.5 Å². The number of hydrogen-bond acceptors (Lipinski definition) is 7. The molecular formula is C10H18N4O3S2. The lowest BCUT2D eigenvalue weighted by atomic mass is 10.3. The number of aliphatic hydroxyl groups excluding tert-OH is 1. The molecule has 0 radical (unpaired) electrons. The molecule has 0 aromatic carbocycles. The lowest BCUT2D eigenvalue weighted by molar-refractivity contribution is 0.207. The first-order valence-electron chi connectivity index (χ1n) is 6.14. The molecule has 2 unspecified atom stereocenters. The van der Waals surface area contributed by atoms with Crippen LogP contribution < -0.4 is 5.73 Å². The van der Waals surface area contributed by atoms with Gasteiger partial charge in [-0.3, -0.25) is 0 Å². The van der Waals surface area contributed by atoms with Crippen LogP contribution in [0.1, 0.15) is 19.2 Å². The van der Waals surface area contributed by atoms with Gasteiger partial charge in [-0.25, -0.2) is 8.42 Å². The van der Waals surface area contributed by atoms with Crippen molar-refractivity contribution < 1.29 is 13.5 Å². The number of hydrogen-bond donors (Lipinski definition) is 2. The average Bonchev–Trinajstić information content (AvgIpc) is 2.82. The Morgan fingerprint density at radius 3 is 2.74 bits per heavy atom. The van der Waals surface area contributed by atoms with Crippen LogP contribution in [0.2, 0.25) is 0 Å². The van der Waals surface area contributed by atoms with Crippen LogP contribution in [0.3, 0.4) is 0 Å². The Hall–Kier alpha value is -0.640. The number of nitrogens with zero attached hydrogens (tertiary/aromatic N) is 3. The molecule has 2 atom stereocenters. The zero-order valence-electron chi connectivity index (χ0n) is 10.7. The third-order valence-electron chi connectivity index (χ3n) is 2.95. The fourth-order valence-electron chi connectivity index (χ4n) is 2.05. The van der Waals surface area contributed by atoms with Crippen molar-refractivity contribution >= 4 is 21.6 Å². The van der Waals surface area contributed by atoms with Crippen molar-refractivity contribution in [1.82, 2.24) is 14.8 Å². The van der Waals surface area contributed by atoms with Gasteiger partial charge < -0.3 is 15.4 Å². The Morgan fingerprint density at radius 1 is 1.47 bits per heavy atom. The van der Waals surface area contributed by atoms with Crippen LogP contribution in [0, 0.1) is 0 Å². The van der Waals surface area contributed by atoms with Crippen LogP contribution in [0.5, 0.6) is 0 Å². The predicted molar refractivity (Wildman–Crippen MR) is 72.5 cm³/mol. The standard InChI is InChI=1S/C10H18N4O3S2/c1-2-3-14-9(4-11)12-13-10(14)18-8-6-19(16,17)5-7(8)15/h7-8,15H,2-6,11H2,1H3. The van der Waals surface area contributed by atoms with Crippen molar-refractivity contribution in [3.8, 4) is 0 Å². The van der Waals surface area contributed by atoms with Crippen LogP contribution in [-0.4, -0.2) is 51.1 Å². The van der Waals surface area contributed by atoms with Crippen molar-refractivity contribution in [3.63, 3.8) is 0 Å². The summed E-state index contributed by atoms with van der Waals surface area (Å²) in [6.45, 7) is 3.06. The molecule has 3 N–H and O–H groups in total. The molecular weight excluding hydrogens is 288 g/mol. The molecule has 0 bridgehead atoms. The SMILES string of the molecule is CCCn1c(CN)nnc1SC1CS(=O)(=O)CC1O. The summed E-state index contributed by atoms with van der Waals surface area (Å²) in [7, 11) is -3.14. The van der Waals surface area contributed by atoms with Crippen LogP contribution >= 0.6 is 11.8 Å². The topological polar surface area (TPSA) is 111 Å². The van der Waals surface area contributed by atoms with Gasteiger partial charge in [-0.15, -0.1) is 10.2 Å². The zero-order chi connectivity index (χ0) is 14.0. The van der Waals surface area contributed by atoms with E-state index in [1.54, 1.807) is 0 Å². The smallest absolute Gasteiger partial charge is 0.191 e. The number of nitrogens with two attached hydrogens (primary N) is 1. The fraction of sp³-hybridized carbons (Fsp3) is 0.800. The second kappa shape index (κ2) is 5.78. The van der Waals surface area contributed by atoms with Gasteiger partial charge in [-0.2, -0.15) is 0 Å². The highest BCUT2D eigenvalue weighted by Gasteiger charge is 2.38. The molecule has 0 amide bonds. The number of aliphatic hydroxyl groups is 1. The van der Waals surface area contributed by atoms with E-state index in [0.29, 0.717) is 17.5 Å². The van der Waals surface area contributed by atoms with Crippen molar-refractivity contribution in [2.45, 2.75) is 42.9 Å². The van der Waals surface area contributed by atoms with Crippen LogP contribution in [0.15, 0.2) is 5.16 Å². The predicted octanol–water partition coefficient (Wildman–Crippen LogP) is -0.603. The van der Waals surface area contributed by atoms with E-state index in [2.05, 4.69) is 10.2 Å². The lowest BCUT2D eigenvalue weighted by Crippen LogP contribution is -2.21. The molecule has 0 spiro atoms. The van der Waals surface area contributed by atoms with Crippen LogP contribution in [-0.2, 0) is 22.9 Å². The van der Waals surface area contributed by atoms with E-state index >= 15 is 0 Å². The van der Waals surface area contributed by atoms with Gasteiger partial charge in [-0.05, 0) is 6.42 Å². The summed E-state index contributed by atoms with van der Waals surface area (Å²) in [5.74, 6) is 0.492. The van der Waals surface area contributed by atoms with Crippen LogP contribution in [0.4, 0.5) is 0 Å². The molecule has 9 heteroatoms. The average molecular weight is 306 g/mol. The molecule has 1 aliphatic heterocycles. The third kappa shape index (κ3) is 3.28. The Bertz CT molecular complexity index is 543. The molecule has 1 aromatic heterocycles. The number of rotatable bonds is 5. The number of sulfone groups is 1. The highest BCUT2D eigenvalue weighted by Crippen LogP contribution is 2.30. The first kappa shape index (κ1) is 14.8. The molecule has 0 aliphatic carbocycles. The zero-order valence-corrected chi connectivity index (χ0v) is 12.3. The van der Waals surface area contributed by atoms with Crippen LogP contribution in [0.25, 0.3) is 0 Å². The highest BCUT2D eigenvalue weighted by molar-refractivity contribution is 8.01. The molecule has 19 heavy (non-hydrogen) atoms. The summed E-state index contributed by atoms with van der Waals surface area (Å²) in [6.07, 6.45) is 0.0625. The minimum absolute atomic E-state index is 0.0181. The van der Waals surface area contributed by atoms with Gasteiger partial charge in [0.05, 0.1) is 29.4 Å². The van der Waals surface area contributed by atoms with Gasteiger partial charge >= 0.3 is 0 Å². The Morgan fingerprint density at radius 2 is 2.21 bits per heavy atom. The molecule has 0 saturated carbocycles.